The molecular formula is C14H22O6. The molecule has 2 unspecified atom stereocenters. The van der Waals surface area contributed by atoms with Crippen molar-refractivity contribution in [2.45, 2.75) is 27.2 Å². The van der Waals surface area contributed by atoms with E-state index < -0.39 is 5.97 Å². The first kappa shape index (κ1) is 18.1. The molecule has 0 heterocycles. The average Bonchev–Trinajstić information content (AvgIpc) is 2.39. The quantitative estimate of drug-likeness (QED) is 0.291. The molecule has 6 nitrogen and oxygen atoms in total. The van der Waals surface area contributed by atoms with E-state index in [4.69, 9.17) is 4.74 Å². The predicted octanol–water partition coefficient (Wildman–Crippen LogP) is 1.48. The Morgan fingerprint density at radius 1 is 1.05 bits per heavy atom. The monoisotopic (exact) mass is 286 g/mol. The Labute approximate surface area is 119 Å². The molecule has 0 aliphatic heterocycles. The summed E-state index contributed by atoms with van der Waals surface area (Å²) < 4.78 is 14.1. The van der Waals surface area contributed by atoms with Crippen molar-refractivity contribution in [1.82, 2.24) is 0 Å². The number of esters is 3. The minimum atomic E-state index is -0.408. The highest BCUT2D eigenvalue weighted by atomic mass is 16.6. The average molecular weight is 286 g/mol. The van der Waals surface area contributed by atoms with Crippen molar-refractivity contribution in [2.75, 3.05) is 20.3 Å². The predicted molar refractivity (Wildman–Crippen MR) is 71.7 cm³/mol. The molecule has 0 aliphatic carbocycles. The largest absolute Gasteiger partial charge is 0.469 e. The molecular weight excluding hydrogens is 264 g/mol. The number of ether oxygens (including phenoxy) is 3. The first-order chi connectivity index (χ1) is 9.36. The summed E-state index contributed by atoms with van der Waals surface area (Å²) >= 11 is 0. The molecule has 0 aliphatic rings. The Balaban J connectivity index is 3.92. The van der Waals surface area contributed by atoms with Crippen LogP contribution in [0.25, 0.3) is 0 Å². The summed E-state index contributed by atoms with van der Waals surface area (Å²) in [6.07, 6.45) is 3.67. The fourth-order valence-electron chi connectivity index (χ4n) is 1.35. The molecule has 114 valence electrons. The molecule has 0 N–H and O–H groups in total. The Hall–Kier alpha value is -1.85. The Kier molecular flexibility index (Phi) is 9.07. The summed E-state index contributed by atoms with van der Waals surface area (Å²) in [4.78, 5) is 33.1. The van der Waals surface area contributed by atoms with Gasteiger partial charge < -0.3 is 14.2 Å². The van der Waals surface area contributed by atoms with E-state index in [1.165, 1.54) is 14.0 Å². The maximum absolute atomic E-state index is 11.4. The molecule has 0 rings (SSSR count). The summed E-state index contributed by atoms with van der Waals surface area (Å²) in [6.45, 7) is 4.95. The lowest BCUT2D eigenvalue weighted by molar-refractivity contribution is -0.151. The maximum atomic E-state index is 11.4. The fourth-order valence-corrected chi connectivity index (χ4v) is 1.35. The van der Waals surface area contributed by atoms with E-state index in [0.29, 0.717) is 0 Å². The molecule has 0 spiro atoms. The zero-order valence-electron chi connectivity index (χ0n) is 12.4. The van der Waals surface area contributed by atoms with Gasteiger partial charge in [0, 0.05) is 6.92 Å². The van der Waals surface area contributed by atoms with Crippen LogP contribution in [0.15, 0.2) is 12.2 Å². The van der Waals surface area contributed by atoms with Crippen molar-refractivity contribution in [1.29, 1.82) is 0 Å². The van der Waals surface area contributed by atoms with E-state index in [1.54, 1.807) is 19.1 Å². The number of allylic oxidation sites excluding steroid dienone is 1. The van der Waals surface area contributed by atoms with Gasteiger partial charge in [0.2, 0.25) is 0 Å². The number of hydrogen-bond acceptors (Lipinski definition) is 6. The Bertz CT molecular complexity index is 361. The van der Waals surface area contributed by atoms with Crippen molar-refractivity contribution >= 4 is 17.9 Å². The Morgan fingerprint density at radius 3 is 2.20 bits per heavy atom. The van der Waals surface area contributed by atoms with Gasteiger partial charge in [0.1, 0.15) is 13.2 Å². The van der Waals surface area contributed by atoms with Crippen molar-refractivity contribution in [2.24, 2.45) is 11.8 Å². The van der Waals surface area contributed by atoms with Crippen molar-refractivity contribution in [3.05, 3.63) is 12.2 Å². The second-order valence-corrected chi connectivity index (χ2v) is 4.44. The number of hydrogen-bond donors (Lipinski definition) is 0. The minimum Gasteiger partial charge on any atom is -0.469 e. The lowest BCUT2D eigenvalue weighted by Crippen LogP contribution is -2.14. The molecule has 0 saturated carbocycles. The second kappa shape index (κ2) is 10.00. The van der Waals surface area contributed by atoms with Crippen LogP contribution in [-0.4, -0.2) is 38.2 Å². The van der Waals surface area contributed by atoms with Gasteiger partial charge in [-0.25, -0.2) is 0 Å². The van der Waals surface area contributed by atoms with Gasteiger partial charge >= 0.3 is 17.9 Å². The van der Waals surface area contributed by atoms with Gasteiger partial charge in [-0.05, 0) is 12.8 Å². The third kappa shape index (κ3) is 9.13. The molecule has 0 bridgehead atoms. The van der Waals surface area contributed by atoms with Crippen LogP contribution in [0.2, 0.25) is 0 Å². The normalized spacial score (nSPS) is 13.6. The lowest BCUT2D eigenvalue weighted by atomic mass is 10.0. The van der Waals surface area contributed by atoms with Crippen LogP contribution in [0.5, 0.6) is 0 Å². The van der Waals surface area contributed by atoms with Crippen molar-refractivity contribution in [3.8, 4) is 0 Å². The summed E-state index contributed by atoms with van der Waals surface area (Å²) in [5.74, 6) is -1.50. The van der Waals surface area contributed by atoms with Gasteiger partial charge in [0.15, 0.2) is 0 Å². The van der Waals surface area contributed by atoms with Gasteiger partial charge in [-0.3, -0.25) is 14.4 Å². The molecule has 2 atom stereocenters. The second-order valence-electron chi connectivity index (χ2n) is 4.44. The third-order valence-electron chi connectivity index (χ3n) is 2.44. The smallest absolute Gasteiger partial charge is 0.312 e. The molecule has 0 fully saturated rings. The maximum Gasteiger partial charge on any atom is 0.312 e. The van der Waals surface area contributed by atoms with Crippen LogP contribution in [0.4, 0.5) is 0 Å². The zero-order valence-corrected chi connectivity index (χ0v) is 12.4. The van der Waals surface area contributed by atoms with Crippen LogP contribution in [0, 0.1) is 11.8 Å². The highest BCUT2D eigenvalue weighted by molar-refractivity contribution is 5.74. The van der Waals surface area contributed by atoms with Gasteiger partial charge in [0.25, 0.3) is 0 Å². The molecule has 0 aromatic rings. The van der Waals surface area contributed by atoms with E-state index in [1.807, 2.05) is 6.92 Å². The summed E-state index contributed by atoms with van der Waals surface area (Å²) in [7, 11) is 1.33. The van der Waals surface area contributed by atoms with Crippen LogP contribution >= 0.6 is 0 Å². The minimum absolute atomic E-state index is 0.0490. The molecule has 20 heavy (non-hydrogen) atoms. The van der Waals surface area contributed by atoms with E-state index in [0.717, 1.165) is 0 Å². The topological polar surface area (TPSA) is 78.9 Å². The SMILES string of the molecule is COC(=O)C(C)/C=C/C(C)CC(=O)OCCOC(C)=O. The number of carbonyl (C=O) groups is 3. The number of methoxy groups -OCH3 is 1. The molecule has 6 heteroatoms. The van der Waals surface area contributed by atoms with Gasteiger partial charge in [-0.1, -0.05) is 19.1 Å². The Morgan fingerprint density at radius 2 is 1.65 bits per heavy atom. The first-order valence-corrected chi connectivity index (χ1v) is 6.42. The number of carbonyl (C=O) groups excluding carboxylic acids is 3. The van der Waals surface area contributed by atoms with E-state index in [2.05, 4.69) is 9.47 Å². The number of rotatable bonds is 8. The molecule has 0 radical (unpaired) electrons. The standard InChI is InChI=1S/C14H22O6/c1-10(5-6-11(2)14(17)18-4)9-13(16)20-8-7-19-12(3)15/h5-6,10-11H,7-9H2,1-4H3/b6-5+. The van der Waals surface area contributed by atoms with Gasteiger partial charge in [0.05, 0.1) is 19.4 Å². The van der Waals surface area contributed by atoms with E-state index >= 15 is 0 Å². The third-order valence-corrected chi connectivity index (χ3v) is 2.44. The summed E-state index contributed by atoms with van der Waals surface area (Å²) in [6, 6.07) is 0. The first-order valence-electron chi connectivity index (χ1n) is 6.42. The van der Waals surface area contributed by atoms with Crippen molar-refractivity contribution in [3.63, 3.8) is 0 Å². The van der Waals surface area contributed by atoms with Crippen LogP contribution < -0.4 is 0 Å². The van der Waals surface area contributed by atoms with E-state index in [9.17, 15) is 14.4 Å². The zero-order chi connectivity index (χ0) is 15.5. The molecule has 0 saturated heterocycles. The fraction of sp³-hybridized carbons (Fsp3) is 0.643. The highest BCUT2D eigenvalue weighted by Crippen LogP contribution is 2.09. The lowest BCUT2D eigenvalue weighted by Gasteiger charge is -2.08. The van der Waals surface area contributed by atoms with Crippen LogP contribution in [0.1, 0.15) is 27.2 Å². The summed E-state index contributed by atoms with van der Waals surface area (Å²) in [5, 5.41) is 0. The molecule has 0 amide bonds. The highest BCUT2D eigenvalue weighted by Gasteiger charge is 2.11. The molecule has 0 aromatic heterocycles. The van der Waals surface area contributed by atoms with Crippen LogP contribution in [0.3, 0.4) is 0 Å². The van der Waals surface area contributed by atoms with Gasteiger partial charge in [-0.15, -0.1) is 0 Å². The van der Waals surface area contributed by atoms with Crippen molar-refractivity contribution < 1.29 is 28.6 Å². The van der Waals surface area contributed by atoms with Gasteiger partial charge in [-0.2, -0.15) is 0 Å². The summed E-state index contributed by atoms with van der Waals surface area (Å²) in [5.41, 5.74) is 0. The van der Waals surface area contributed by atoms with E-state index in [-0.39, 0.29) is 43.4 Å². The molecule has 0 aromatic carbocycles. The van der Waals surface area contributed by atoms with Crippen LogP contribution in [-0.2, 0) is 28.6 Å².